The molecule has 3 heterocycles. The number of rotatable bonds is 8. The second-order valence-corrected chi connectivity index (χ2v) is 9.07. The molecule has 0 bridgehead atoms. The van der Waals surface area contributed by atoms with E-state index in [1.807, 2.05) is 0 Å². The fourth-order valence-electron chi connectivity index (χ4n) is 5.10. The van der Waals surface area contributed by atoms with Crippen molar-refractivity contribution in [3.8, 4) is 0 Å². The number of carbonyl (C=O) groups excluding carboxylic acids is 3. The van der Waals surface area contributed by atoms with Crippen LogP contribution in [0.25, 0.3) is 11.1 Å². The van der Waals surface area contributed by atoms with Crippen LogP contribution in [0, 0.1) is 5.92 Å². The summed E-state index contributed by atoms with van der Waals surface area (Å²) in [6.45, 7) is 2.68. The van der Waals surface area contributed by atoms with Crippen molar-refractivity contribution < 1.29 is 23.5 Å². The van der Waals surface area contributed by atoms with Gasteiger partial charge < -0.3 is 30.4 Å². The first-order chi connectivity index (χ1) is 16.4. The minimum Gasteiger partial charge on any atom is -0.447 e. The predicted octanol–water partition coefficient (Wildman–Crippen LogP) is 2.07. The summed E-state index contributed by atoms with van der Waals surface area (Å²) < 4.78 is 10.8. The molecule has 1 aliphatic carbocycles. The molecule has 0 aromatic carbocycles. The van der Waals surface area contributed by atoms with Crippen molar-refractivity contribution in [3.05, 3.63) is 23.1 Å². The van der Waals surface area contributed by atoms with E-state index in [1.165, 1.54) is 19.9 Å². The number of nitrogens with two attached hydrogens (primary N) is 1. The van der Waals surface area contributed by atoms with E-state index < -0.39 is 5.91 Å². The molecule has 1 aliphatic heterocycles. The number of hydrogen-bond donors (Lipinski definition) is 3. The van der Waals surface area contributed by atoms with Crippen molar-refractivity contribution in [2.75, 3.05) is 39.2 Å². The van der Waals surface area contributed by atoms with Gasteiger partial charge in [0, 0.05) is 26.1 Å². The molecule has 4 N–H and O–H groups in total. The number of ether oxygens (including phenoxy) is 1. The average Bonchev–Trinajstić information content (AvgIpc) is 3.50. The Morgan fingerprint density at radius 1 is 1.21 bits per heavy atom. The highest BCUT2D eigenvalue weighted by molar-refractivity contribution is 6.10. The zero-order valence-electron chi connectivity index (χ0n) is 19.8. The van der Waals surface area contributed by atoms with Crippen LogP contribution in [0.5, 0.6) is 0 Å². The Morgan fingerprint density at radius 3 is 2.53 bits per heavy atom. The molecule has 184 valence electrons. The molecule has 0 atom stereocenters. The molecular weight excluding hydrogens is 438 g/mol. The summed E-state index contributed by atoms with van der Waals surface area (Å²) in [5, 5.41) is 5.43. The highest BCUT2D eigenvalue weighted by atomic mass is 16.5. The minimum absolute atomic E-state index is 0.123. The van der Waals surface area contributed by atoms with E-state index in [0.29, 0.717) is 24.6 Å². The number of anilines is 1. The molecule has 10 nitrogen and oxygen atoms in total. The number of amides is 3. The maximum Gasteiger partial charge on any atom is 0.286 e. The van der Waals surface area contributed by atoms with Crippen LogP contribution in [0.2, 0.25) is 0 Å². The molecule has 2 aliphatic rings. The van der Waals surface area contributed by atoms with Crippen LogP contribution in [0.1, 0.15) is 65.1 Å². The molecule has 2 fully saturated rings. The molecule has 2 aromatic rings. The molecule has 0 unspecified atom stereocenters. The van der Waals surface area contributed by atoms with E-state index in [9.17, 15) is 14.4 Å². The SMILES string of the molecule is CNC(=O)c1nc2c(NC(=O)C3CCC(N4CCCC4)CC3)c(C(N)=O)oc2cc1CCOC. The Labute approximate surface area is 198 Å². The number of primary amides is 1. The highest BCUT2D eigenvalue weighted by Crippen LogP contribution is 2.34. The Balaban J connectivity index is 1.59. The second kappa shape index (κ2) is 10.5. The minimum atomic E-state index is -0.814. The van der Waals surface area contributed by atoms with E-state index in [4.69, 9.17) is 14.9 Å². The molecule has 3 amide bonds. The van der Waals surface area contributed by atoms with E-state index in [0.717, 1.165) is 38.8 Å². The van der Waals surface area contributed by atoms with Crippen molar-refractivity contribution in [2.24, 2.45) is 11.7 Å². The number of methoxy groups -OCH3 is 1. The highest BCUT2D eigenvalue weighted by Gasteiger charge is 2.32. The van der Waals surface area contributed by atoms with Gasteiger partial charge in [0.05, 0.1) is 6.61 Å². The molecule has 1 saturated heterocycles. The third-order valence-corrected chi connectivity index (χ3v) is 6.96. The third kappa shape index (κ3) is 4.92. The van der Waals surface area contributed by atoms with Crippen LogP contribution in [0.3, 0.4) is 0 Å². The second-order valence-electron chi connectivity index (χ2n) is 9.07. The standard InChI is InChI=1S/C24H33N5O5/c1-26-24(32)18-15(9-12-33-2)13-17-19(27-18)20(21(34-17)22(25)30)28-23(31)14-5-7-16(8-6-14)29-10-3-4-11-29/h13-14,16H,3-12H2,1-2H3,(H2,25,30)(H,26,32)(H,28,31). The molecular formula is C24H33N5O5. The Kier molecular flexibility index (Phi) is 7.47. The van der Waals surface area contributed by atoms with Gasteiger partial charge in [0.1, 0.15) is 16.9 Å². The number of pyridine rings is 1. The quantitative estimate of drug-likeness (QED) is 0.535. The number of fused-ring (bicyclic) bond motifs is 1. The van der Waals surface area contributed by atoms with E-state index in [1.54, 1.807) is 13.2 Å². The maximum atomic E-state index is 13.2. The van der Waals surface area contributed by atoms with Crippen molar-refractivity contribution in [3.63, 3.8) is 0 Å². The van der Waals surface area contributed by atoms with Crippen LogP contribution in [0.4, 0.5) is 5.69 Å². The summed E-state index contributed by atoms with van der Waals surface area (Å²) in [5.74, 6) is -1.72. The van der Waals surface area contributed by atoms with Gasteiger partial charge in [0.25, 0.3) is 11.8 Å². The summed E-state index contributed by atoms with van der Waals surface area (Å²) in [6, 6.07) is 2.19. The lowest BCUT2D eigenvalue weighted by Crippen LogP contribution is -2.38. The van der Waals surface area contributed by atoms with Crippen molar-refractivity contribution >= 4 is 34.5 Å². The molecule has 4 rings (SSSR count). The summed E-state index contributed by atoms with van der Waals surface area (Å²) in [4.78, 5) is 44.8. The van der Waals surface area contributed by atoms with Gasteiger partial charge in [-0.1, -0.05) is 0 Å². The van der Waals surface area contributed by atoms with Gasteiger partial charge in [0.2, 0.25) is 11.7 Å². The number of likely N-dealkylation sites (tertiary alicyclic amines) is 1. The average molecular weight is 472 g/mol. The molecule has 34 heavy (non-hydrogen) atoms. The van der Waals surface area contributed by atoms with Gasteiger partial charge in [0.15, 0.2) is 5.58 Å². The Morgan fingerprint density at radius 2 is 1.91 bits per heavy atom. The van der Waals surface area contributed by atoms with Gasteiger partial charge in [-0.05, 0) is 69.7 Å². The van der Waals surface area contributed by atoms with Crippen molar-refractivity contribution in [1.82, 2.24) is 15.2 Å². The first kappa shape index (κ1) is 24.2. The monoisotopic (exact) mass is 471 g/mol. The van der Waals surface area contributed by atoms with Crippen LogP contribution in [0.15, 0.2) is 10.5 Å². The lowest BCUT2D eigenvalue weighted by molar-refractivity contribution is -0.121. The zero-order chi connectivity index (χ0) is 24.2. The maximum absolute atomic E-state index is 13.2. The van der Waals surface area contributed by atoms with Gasteiger partial charge in [-0.25, -0.2) is 4.98 Å². The largest absolute Gasteiger partial charge is 0.447 e. The molecule has 1 saturated carbocycles. The third-order valence-electron chi connectivity index (χ3n) is 6.96. The first-order valence-corrected chi connectivity index (χ1v) is 11.9. The lowest BCUT2D eigenvalue weighted by Gasteiger charge is -2.33. The van der Waals surface area contributed by atoms with Crippen molar-refractivity contribution in [2.45, 2.75) is 51.0 Å². The van der Waals surface area contributed by atoms with Crippen LogP contribution in [-0.2, 0) is 16.0 Å². The van der Waals surface area contributed by atoms with Crippen LogP contribution >= 0.6 is 0 Å². The van der Waals surface area contributed by atoms with Gasteiger partial charge >= 0.3 is 0 Å². The number of aromatic nitrogens is 1. The summed E-state index contributed by atoms with van der Waals surface area (Å²) in [6.07, 6.45) is 6.46. The lowest BCUT2D eigenvalue weighted by atomic mass is 9.85. The number of furan rings is 1. The van der Waals surface area contributed by atoms with Crippen LogP contribution in [-0.4, -0.2) is 67.5 Å². The molecule has 0 radical (unpaired) electrons. The summed E-state index contributed by atoms with van der Waals surface area (Å²) in [7, 11) is 3.08. The Hall–Kier alpha value is -2.98. The molecule has 2 aromatic heterocycles. The number of hydrogen-bond acceptors (Lipinski definition) is 7. The number of carbonyl (C=O) groups is 3. The van der Waals surface area contributed by atoms with E-state index >= 15 is 0 Å². The predicted molar refractivity (Wildman–Crippen MR) is 127 cm³/mol. The first-order valence-electron chi connectivity index (χ1n) is 11.9. The topological polar surface area (TPSA) is 140 Å². The fraction of sp³-hybridized carbons (Fsp3) is 0.583. The molecule has 10 heteroatoms. The summed E-state index contributed by atoms with van der Waals surface area (Å²) in [5.41, 5.74) is 6.97. The smallest absolute Gasteiger partial charge is 0.286 e. The van der Waals surface area contributed by atoms with Gasteiger partial charge in [-0.3, -0.25) is 14.4 Å². The van der Waals surface area contributed by atoms with Gasteiger partial charge in [-0.15, -0.1) is 0 Å². The Bertz CT molecular complexity index is 1070. The number of nitrogens with zero attached hydrogens (tertiary/aromatic N) is 2. The normalized spacial score (nSPS) is 21.0. The van der Waals surface area contributed by atoms with E-state index in [-0.39, 0.29) is 46.0 Å². The number of nitrogens with one attached hydrogen (secondary N) is 2. The van der Waals surface area contributed by atoms with Crippen LogP contribution < -0.4 is 16.4 Å². The van der Waals surface area contributed by atoms with E-state index in [2.05, 4.69) is 20.5 Å². The van der Waals surface area contributed by atoms with Crippen molar-refractivity contribution in [1.29, 1.82) is 0 Å². The zero-order valence-corrected chi connectivity index (χ0v) is 19.8. The fourth-order valence-corrected chi connectivity index (χ4v) is 5.10. The van der Waals surface area contributed by atoms with Gasteiger partial charge in [-0.2, -0.15) is 0 Å². The summed E-state index contributed by atoms with van der Waals surface area (Å²) >= 11 is 0. The molecule has 0 spiro atoms.